The number of thiazole rings is 1. The number of aromatic nitrogens is 1. The van der Waals surface area contributed by atoms with Crippen molar-refractivity contribution < 1.29 is 0 Å². The van der Waals surface area contributed by atoms with Crippen LogP contribution in [-0.2, 0) is 0 Å². The highest BCUT2D eigenvalue weighted by Gasteiger charge is 2.05. The first-order valence-electron chi connectivity index (χ1n) is 3.88. The third kappa shape index (κ3) is 1.21. The Morgan fingerprint density at radius 2 is 2.17 bits per heavy atom. The quantitative estimate of drug-likeness (QED) is 0.727. The maximum atomic E-state index is 5.73. The fourth-order valence-electron chi connectivity index (χ4n) is 1.08. The topological polar surface area (TPSA) is 38.9 Å². The van der Waals surface area contributed by atoms with E-state index in [9.17, 15) is 0 Å². The first-order valence-corrected chi connectivity index (χ1v) is 4.70. The summed E-state index contributed by atoms with van der Waals surface area (Å²) < 4.78 is 1.21. The summed E-state index contributed by atoms with van der Waals surface area (Å²) in [5.74, 6) is 0. The van der Waals surface area contributed by atoms with Crippen LogP contribution >= 0.6 is 11.3 Å². The molecule has 1 aromatic heterocycles. The largest absolute Gasteiger partial charge is 0.322 e. The molecule has 0 amide bonds. The van der Waals surface area contributed by atoms with Gasteiger partial charge in [-0.3, -0.25) is 0 Å². The van der Waals surface area contributed by atoms with Crippen LogP contribution in [-0.4, -0.2) is 4.98 Å². The smallest absolute Gasteiger partial charge is 0.110 e. The Bertz CT molecular complexity index is 359. The van der Waals surface area contributed by atoms with E-state index in [1.54, 1.807) is 11.3 Å². The Morgan fingerprint density at radius 1 is 1.42 bits per heavy atom. The Hall–Kier alpha value is -0.930. The lowest BCUT2D eigenvalue weighted by molar-refractivity contribution is 0.810. The van der Waals surface area contributed by atoms with E-state index in [1.165, 1.54) is 4.70 Å². The predicted octanol–water partition coefficient (Wildman–Crippen LogP) is 2.32. The molecule has 2 rings (SSSR count). The first-order chi connectivity index (χ1) is 5.77. The van der Waals surface area contributed by atoms with Gasteiger partial charge >= 0.3 is 0 Å². The van der Waals surface area contributed by atoms with E-state index < -0.39 is 0 Å². The van der Waals surface area contributed by atoms with E-state index in [4.69, 9.17) is 5.73 Å². The zero-order valence-corrected chi connectivity index (χ0v) is 7.64. The molecule has 0 bridgehead atoms. The van der Waals surface area contributed by atoms with Gasteiger partial charge in [0.1, 0.15) is 5.01 Å². The van der Waals surface area contributed by atoms with Crippen LogP contribution in [0.15, 0.2) is 24.3 Å². The molecule has 2 nitrogen and oxygen atoms in total. The summed E-state index contributed by atoms with van der Waals surface area (Å²) in [6.07, 6.45) is 0. The van der Waals surface area contributed by atoms with Crippen LogP contribution in [0.5, 0.6) is 0 Å². The van der Waals surface area contributed by atoms with E-state index >= 15 is 0 Å². The van der Waals surface area contributed by atoms with Crippen molar-refractivity contribution >= 4 is 21.6 Å². The van der Waals surface area contributed by atoms with E-state index in [-0.39, 0.29) is 6.04 Å². The lowest BCUT2D eigenvalue weighted by atomic mass is 10.3. The minimum atomic E-state index is 0.0439. The van der Waals surface area contributed by atoms with Crippen LogP contribution < -0.4 is 5.73 Å². The highest BCUT2D eigenvalue weighted by molar-refractivity contribution is 7.18. The molecule has 12 heavy (non-hydrogen) atoms. The zero-order valence-electron chi connectivity index (χ0n) is 6.82. The molecule has 0 saturated carbocycles. The summed E-state index contributed by atoms with van der Waals surface area (Å²) in [4.78, 5) is 4.41. The third-order valence-corrected chi connectivity index (χ3v) is 2.94. The van der Waals surface area contributed by atoms with Crippen molar-refractivity contribution in [2.75, 3.05) is 0 Å². The molecule has 3 heteroatoms. The predicted molar refractivity (Wildman–Crippen MR) is 52.2 cm³/mol. The van der Waals surface area contributed by atoms with Crippen molar-refractivity contribution in [3.63, 3.8) is 0 Å². The average molecular weight is 178 g/mol. The van der Waals surface area contributed by atoms with Gasteiger partial charge in [0.15, 0.2) is 0 Å². The first kappa shape index (κ1) is 7.71. The van der Waals surface area contributed by atoms with Crippen LogP contribution in [0.1, 0.15) is 18.0 Å². The van der Waals surface area contributed by atoms with Crippen molar-refractivity contribution in [1.29, 1.82) is 0 Å². The number of hydrogen-bond acceptors (Lipinski definition) is 3. The van der Waals surface area contributed by atoms with Gasteiger partial charge in [-0.05, 0) is 19.1 Å². The number of fused-ring (bicyclic) bond motifs is 1. The summed E-state index contributed by atoms with van der Waals surface area (Å²) in [7, 11) is 0. The van der Waals surface area contributed by atoms with Gasteiger partial charge in [0.25, 0.3) is 0 Å². The average Bonchev–Trinajstić information content (AvgIpc) is 2.46. The number of benzene rings is 1. The summed E-state index contributed by atoms with van der Waals surface area (Å²) in [6, 6.07) is 8.14. The molecule has 1 heterocycles. The number of para-hydroxylation sites is 1. The van der Waals surface area contributed by atoms with Crippen LogP contribution in [0.4, 0.5) is 0 Å². The molecule has 62 valence electrons. The van der Waals surface area contributed by atoms with Crippen molar-refractivity contribution in [3.05, 3.63) is 29.3 Å². The highest BCUT2D eigenvalue weighted by atomic mass is 32.1. The molecule has 0 saturated heterocycles. The van der Waals surface area contributed by atoms with Gasteiger partial charge in [0.05, 0.1) is 16.3 Å². The molecular formula is C9H10N2S. The minimum Gasteiger partial charge on any atom is -0.322 e. The van der Waals surface area contributed by atoms with Crippen LogP contribution in [0.3, 0.4) is 0 Å². The SMILES string of the molecule is C[C@@H](N)c1nc2ccccc2s1. The second kappa shape index (κ2) is 2.84. The number of nitrogens with zero attached hydrogens (tertiary/aromatic N) is 1. The van der Waals surface area contributed by atoms with Gasteiger partial charge in [-0.1, -0.05) is 12.1 Å². The van der Waals surface area contributed by atoms with Gasteiger partial charge in [-0.15, -0.1) is 11.3 Å². The molecule has 0 aliphatic carbocycles. The molecular weight excluding hydrogens is 168 g/mol. The monoisotopic (exact) mass is 178 g/mol. The van der Waals surface area contributed by atoms with Crippen LogP contribution in [0.2, 0.25) is 0 Å². The fraction of sp³-hybridized carbons (Fsp3) is 0.222. The molecule has 2 N–H and O–H groups in total. The third-order valence-electron chi connectivity index (χ3n) is 1.70. The Morgan fingerprint density at radius 3 is 2.83 bits per heavy atom. The van der Waals surface area contributed by atoms with Crippen LogP contribution in [0, 0.1) is 0 Å². The Labute approximate surface area is 75.0 Å². The van der Waals surface area contributed by atoms with Gasteiger partial charge in [-0.25, -0.2) is 4.98 Å². The van der Waals surface area contributed by atoms with E-state index in [0.717, 1.165) is 10.5 Å². The molecule has 0 radical (unpaired) electrons. The minimum absolute atomic E-state index is 0.0439. The van der Waals surface area contributed by atoms with Gasteiger partial charge in [0.2, 0.25) is 0 Å². The number of rotatable bonds is 1. The summed E-state index contributed by atoms with van der Waals surface area (Å²) in [5.41, 5.74) is 6.78. The van der Waals surface area contributed by atoms with E-state index in [2.05, 4.69) is 11.1 Å². The Kier molecular flexibility index (Phi) is 1.83. The molecule has 0 spiro atoms. The standard InChI is InChI=1S/C9H10N2S/c1-6(10)9-11-7-4-2-3-5-8(7)12-9/h2-6H,10H2,1H3/t6-/m1/s1. The molecule has 0 fully saturated rings. The normalized spacial score (nSPS) is 13.5. The number of hydrogen-bond donors (Lipinski definition) is 1. The van der Waals surface area contributed by atoms with Crippen molar-refractivity contribution in [1.82, 2.24) is 4.98 Å². The van der Waals surface area contributed by atoms with E-state index in [1.807, 2.05) is 25.1 Å². The second-order valence-electron chi connectivity index (χ2n) is 2.81. The highest BCUT2D eigenvalue weighted by Crippen LogP contribution is 2.24. The fourth-order valence-corrected chi connectivity index (χ4v) is 2.00. The maximum Gasteiger partial charge on any atom is 0.110 e. The van der Waals surface area contributed by atoms with Gasteiger partial charge < -0.3 is 5.73 Å². The maximum absolute atomic E-state index is 5.73. The molecule has 1 atom stereocenters. The molecule has 0 aliphatic rings. The van der Waals surface area contributed by atoms with Crippen molar-refractivity contribution in [2.45, 2.75) is 13.0 Å². The zero-order chi connectivity index (χ0) is 8.55. The summed E-state index contributed by atoms with van der Waals surface area (Å²) in [6.45, 7) is 1.96. The lowest BCUT2D eigenvalue weighted by Gasteiger charge is -1.95. The summed E-state index contributed by atoms with van der Waals surface area (Å²) in [5, 5.41) is 1.01. The second-order valence-corrected chi connectivity index (χ2v) is 3.87. The Balaban J connectivity index is 2.62. The number of nitrogens with two attached hydrogens (primary N) is 1. The van der Waals surface area contributed by atoms with Crippen molar-refractivity contribution in [2.24, 2.45) is 5.73 Å². The lowest BCUT2D eigenvalue weighted by Crippen LogP contribution is -2.03. The van der Waals surface area contributed by atoms with E-state index in [0.29, 0.717) is 0 Å². The van der Waals surface area contributed by atoms with Crippen LogP contribution in [0.25, 0.3) is 10.2 Å². The molecule has 0 aliphatic heterocycles. The molecule has 1 aromatic carbocycles. The van der Waals surface area contributed by atoms with Crippen molar-refractivity contribution in [3.8, 4) is 0 Å². The molecule has 0 unspecified atom stereocenters. The summed E-state index contributed by atoms with van der Waals surface area (Å²) >= 11 is 1.67. The van der Waals surface area contributed by atoms with Gasteiger partial charge in [-0.2, -0.15) is 0 Å². The van der Waals surface area contributed by atoms with Gasteiger partial charge in [0, 0.05) is 0 Å². The molecule has 2 aromatic rings.